The van der Waals surface area contributed by atoms with Crippen LogP contribution in [0.2, 0.25) is 0 Å². The van der Waals surface area contributed by atoms with E-state index in [2.05, 4.69) is 4.90 Å². The first-order chi connectivity index (χ1) is 9.58. The second kappa shape index (κ2) is 4.81. The maximum absolute atomic E-state index is 12.2. The number of benzene rings is 1. The van der Waals surface area contributed by atoms with Crippen LogP contribution in [0.5, 0.6) is 0 Å². The standard InChI is InChI=1S/C15H18N2O3/c1-16-7-6-13(15(16)20)17-9-10(8-14(18)19)11-4-2-3-5-12(11)17/h2-5,10,13H,6-9H2,1H3,(H,18,19). The van der Waals surface area contributed by atoms with Gasteiger partial charge in [0.05, 0.1) is 6.42 Å². The number of fused-ring (bicyclic) bond motifs is 1. The predicted octanol–water partition coefficient (Wildman–Crippen LogP) is 1.30. The van der Waals surface area contributed by atoms with Crippen LogP contribution in [0, 0.1) is 0 Å². The number of para-hydroxylation sites is 1. The van der Waals surface area contributed by atoms with Gasteiger partial charge in [0.25, 0.3) is 0 Å². The molecule has 106 valence electrons. The molecule has 1 amide bonds. The van der Waals surface area contributed by atoms with Gasteiger partial charge in [-0.3, -0.25) is 9.59 Å². The first kappa shape index (κ1) is 13.0. The molecule has 1 fully saturated rings. The van der Waals surface area contributed by atoms with Crippen LogP contribution in [-0.2, 0) is 9.59 Å². The van der Waals surface area contributed by atoms with Gasteiger partial charge >= 0.3 is 5.97 Å². The number of rotatable bonds is 3. The van der Waals surface area contributed by atoms with Gasteiger partial charge in [-0.15, -0.1) is 0 Å². The fraction of sp³-hybridized carbons (Fsp3) is 0.467. The number of aliphatic carboxylic acids is 1. The third-order valence-corrected chi connectivity index (χ3v) is 4.30. The summed E-state index contributed by atoms with van der Waals surface area (Å²) in [7, 11) is 1.82. The second-order valence-electron chi connectivity index (χ2n) is 5.57. The van der Waals surface area contributed by atoms with Crippen LogP contribution >= 0.6 is 0 Å². The normalized spacial score (nSPS) is 25.1. The number of likely N-dealkylation sites (N-methyl/N-ethyl adjacent to an activating group) is 1. The molecule has 1 aromatic carbocycles. The fourth-order valence-corrected chi connectivity index (χ4v) is 3.30. The Morgan fingerprint density at radius 2 is 2.15 bits per heavy atom. The summed E-state index contributed by atoms with van der Waals surface area (Å²) in [6, 6.07) is 7.70. The van der Waals surface area contributed by atoms with Gasteiger partial charge in [0.2, 0.25) is 5.91 Å². The average Bonchev–Trinajstić information content (AvgIpc) is 2.92. The lowest BCUT2D eigenvalue weighted by molar-refractivity contribution is -0.137. The van der Waals surface area contributed by atoms with E-state index in [1.54, 1.807) is 4.90 Å². The van der Waals surface area contributed by atoms with Crippen molar-refractivity contribution in [1.82, 2.24) is 4.90 Å². The van der Waals surface area contributed by atoms with Crippen molar-refractivity contribution in [2.45, 2.75) is 24.8 Å². The zero-order valence-corrected chi connectivity index (χ0v) is 11.5. The summed E-state index contributed by atoms with van der Waals surface area (Å²) in [4.78, 5) is 27.1. The molecule has 5 heteroatoms. The highest BCUT2D eigenvalue weighted by molar-refractivity contribution is 5.88. The third kappa shape index (κ3) is 2.03. The number of hydrogen-bond donors (Lipinski definition) is 1. The number of carboxylic acid groups (broad SMARTS) is 1. The first-order valence-corrected chi connectivity index (χ1v) is 6.90. The predicted molar refractivity (Wildman–Crippen MR) is 74.8 cm³/mol. The van der Waals surface area contributed by atoms with Gasteiger partial charge in [-0.25, -0.2) is 0 Å². The number of carbonyl (C=O) groups excluding carboxylic acids is 1. The van der Waals surface area contributed by atoms with E-state index in [4.69, 9.17) is 5.11 Å². The smallest absolute Gasteiger partial charge is 0.304 e. The molecule has 0 spiro atoms. The van der Waals surface area contributed by atoms with Crippen LogP contribution in [0.15, 0.2) is 24.3 Å². The number of amides is 1. The van der Waals surface area contributed by atoms with Crippen molar-refractivity contribution in [3.63, 3.8) is 0 Å². The summed E-state index contributed by atoms with van der Waals surface area (Å²) >= 11 is 0. The molecule has 0 radical (unpaired) electrons. The van der Waals surface area contributed by atoms with Crippen LogP contribution in [0.3, 0.4) is 0 Å². The topological polar surface area (TPSA) is 60.9 Å². The SMILES string of the molecule is CN1CCC(N2CC(CC(=O)O)c3ccccc32)C1=O. The van der Waals surface area contributed by atoms with Crippen molar-refractivity contribution in [3.8, 4) is 0 Å². The van der Waals surface area contributed by atoms with E-state index in [1.165, 1.54) is 0 Å². The van der Waals surface area contributed by atoms with E-state index in [1.807, 2.05) is 31.3 Å². The summed E-state index contributed by atoms with van der Waals surface area (Å²) in [5.41, 5.74) is 2.07. The lowest BCUT2D eigenvalue weighted by Gasteiger charge is -2.25. The monoisotopic (exact) mass is 274 g/mol. The molecular formula is C15H18N2O3. The Kier molecular flexibility index (Phi) is 3.12. The molecule has 1 N–H and O–H groups in total. The summed E-state index contributed by atoms with van der Waals surface area (Å²) in [6.07, 6.45) is 0.924. The van der Waals surface area contributed by atoms with Crippen LogP contribution in [0.25, 0.3) is 0 Å². The molecule has 2 atom stereocenters. The Hall–Kier alpha value is -2.04. The molecule has 0 aromatic heterocycles. The van der Waals surface area contributed by atoms with E-state index < -0.39 is 5.97 Å². The Balaban J connectivity index is 1.91. The number of nitrogens with zero attached hydrogens (tertiary/aromatic N) is 2. The van der Waals surface area contributed by atoms with E-state index in [0.717, 1.165) is 24.2 Å². The highest BCUT2D eigenvalue weighted by Crippen LogP contribution is 2.40. The Bertz CT molecular complexity index is 558. The summed E-state index contributed by atoms with van der Waals surface area (Å²) in [5, 5.41) is 9.05. The first-order valence-electron chi connectivity index (χ1n) is 6.90. The van der Waals surface area contributed by atoms with Crippen molar-refractivity contribution >= 4 is 17.6 Å². The molecule has 0 bridgehead atoms. The molecule has 1 aromatic rings. The highest BCUT2D eigenvalue weighted by atomic mass is 16.4. The quantitative estimate of drug-likeness (QED) is 0.902. The van der Waals surface area contributed by atoms with E-state index in [-0.39, 0.29) is 24.3 Å². The minimum absolute atomic E-state index is 0.0255. The number of carboxylic acids is 1. The van der Waals surface area contributed by atoms with Crippen molar-refractivity contribution in [1.29, 1.82) is 0 Å². The molecule has 2 aliphatic heterocycles. The van der Waals surface area contributed by atoms with Gasteiger partial charge in [0.15, 0.2) is 0 Å². The Labute approximate surface area is 117 Å². The molecule has 2 aliphatic rings. The number of likely N-dealkylation sites (tertiary alicyclic amines) is 1. The third-order valence-electron chi connectivity index (χ3n) is 4.30. The number of hydrogen-bond acceptors (Lipinski definition) is 3. The van der Waals surface area contributed by atoms with E-state index in [9.17, 15) is 9.59 Å². The van der Waals surface area contributed by atoms with Crippen molar-refractivity contribution in [2.75, 3.05) is 25.0 Å². The van der Waals surface area contributed by atoms with E-state index in [0.29, 0.717) is 6.54 Å². The van der Waals surface area contributed by atoms with Gasteiger partial charge in [-0.2, -0.15) is 0 Å². The molecule has 20 heavy (non-hydrogen) atoms. The maximum atomic E-state index is 12.2. The molecular weight excluding hydrogens is 256 g/mol. The molecule has 2 heterocycles. The number of anilines is 1. The molecule has 2 unspecified atom stereocenters. The largest absolute Gasteiger partial charge is 0.481 e. The van der Waals surface area contributed by atoms with Gasteiger partial charge in [-0.05, 0) is 18.1 Å². The number of carbonyl (C=O) groups is 2. The minimum Gasteiger partial charge on any atom is -0.481 e. The van der Waals surface area contributed by atoms with Crippen molar-refractivity contribution in [2.24, 2.45) is 0 Å². The van der Waals surface area contributed by atoms with Gasteiger partial charge in [0, 0.05) is 31.7 Å². The van der Waals surface area contributed by atoms with E-state index >= 15 is 0 Å². The zero-order valence-electron chi connectivity index (χ0n) is 11.5. The van der Waals surface area contributed by atoms with Crippen LogP contribution in [0.1, 0.15) is 24.3 Å². The minimum atomic E-state index is -0.790. The van der Waals surface area contributed by atoms with Gasteiger partial charge in [-0.1, -0.05) is 18.2 Å². The molecule has 5 nitrogen and oxygen atoms in total. The summed E-state index contributed by atoms with van der Waals surface area (Å²) < 4.78 is 0. The Morgan fingerprint density at radius 3 is 2.80 bits per heavy atom. The van der Waals surface area contributed by atoms with Crippen LogP contribution < -0.4 is 4.90 Å². The maximum Gasteiger partial charge on any atom is 0.304 e. The van der Waals surface area contributed by atoms with Crippen LogP contribution in [0.4, 0.5) is 5.69 Å². The molecule has 0 saturated carbocycles. The zero-order chi connectivity index (χ0) is 14.3. The second-order valence-corrected chi connectivity index (χ2v) is 5.57. The molecule has 3 rings (SSSR count). The lowest BCUT2D eigenvalue weighted by atomic mass is 9.98. The van der Waals surface area contributed by atoms with Crippen molar-refractivity contribution < 1.29 is 14.7 Å². The van der Waals surface area contributed by atoms with Gasteiger partial charge in [0.1, 0.15) is 6.04 Å². The highest BCUT2D eigenvalue weighted by Gasteiger charge is 2.40. The van der Waals surface area contributed by atoms with Gasteiger partial charge < -0.3 is 14.9 Å². The summed E-state index contributed by atoms with van der Waals surface area (Å²) in [5.74, 6) is -0.681. The Morgan fingerprint density at radius 1 is 1.40 bits per heavy atom. The average molecular weight is 274 g/mol. The molecule has 0 aliphatic carbocycles. The molecule has 1 saturated heterocycles. The lowest BCUT2D eigenvalue weighted by Crippen LogP contribution is -2.40. The fourth-order valence-electron chi connectivity index (χ4n) is 3.30. The van der Waals surface area contributed by atoms with Crippen LogP contribution in [-0.4, -0.2) is 48.1 Å². The summed E-state index contributed by atoms with van der Waals surface area (Å²) in [6.45, 7) is 1.39. The van der Waals surface area contributed by atoms with Crippen molar-refractivity contribution in [3.05, 3.63) is 29.8 Å².